The molecule has 0 bridgehead atoms. The number of para-hydroxylation sites is 1. The predicted octanol–water partition coefficient (Wildman–Crippen LogP) is 14.5. The molecule has 0 spiro atoms. The summed E-state index contributed by atoms with van der Waals surface area (Å²) in [6.07, 6.45) is 0. The van der Waals surface area contributed by atoms with Crippen molar-refractivity contribution >= 4 is 75.9 Å². The van der Waals surface area contributed by atoms with Gasteiger partial charge in [-0.15, -0.1) is 0 Å². The fourth-order valence-electron chi connectivity index (χ4n) is 9.66. The molecule has 0 amide bonds. The third-order valence-corrected chi connectivity index (χ3v) is 12.5. The molecule has 13 aromatic rings. The number of fused-ring (bicyclic) bond motifs is 10. The van der Waals surface area contributed by atoms with E-state index in [1.807, 2.05) is 36.4 Å². The van der Waals surface area contributed by atoms with Gasteiger partial charge in [0.2, 0.25) is 0 Å². The zero-order valence-electron chi connectivity index (χ0n) is 33.4. The van der Waals surface area contributed by atoms with Crippen LogP contribution >= 0.6 is 0 Å². The fourth-order valence-corrected chi connectivity index (χ4v) is 9.66. The first-order valence-corrected chi connectivity index (χ1v) is 21.0. The first-order chi connectivity index (χ1) is 30.7. The number of hydrogen-bond acceptors (Lipinski definition) is 3. The molecule has 0 radical (unpaired) electrons. The topological polar surface area (TPSA) is 48.5 Å². The molecule has 5 nitrogen and oxygen atoms in total. The van der Waals surface area contributed by atoms with E-state index in [4.69, 9.17) is 15.0 Å². The van der Waals surface area contributed by atoms with Crippen molar-refractivity contribution < 1.29 is 0 Å². The van der Waals surface area contributed by atoms with Gasteiger partial charge in [0, 0.05) is 49.6 Å². The van der Waals surface area contributed by atoms with Crippen LogP contribution in [0.2, 0.25) is 0 Å². The molecule has 62 heavy (non-hydrogen) atoms. The maximum Gasteiger partial charge on any atom is 0.164 e. The Balaban J connectivity index is 1.12. The third kappa shape index (κ3) is 5.32. The van der Waals surface area contributed by atoms with Crippen LogP contribution in [0.25, 0.3) is 121 Å². The van der Waals surface area contributed by atoms with Gasteiger partial charge in [-0.3, -0.25) is 0 Å². The minimum atomic E-state index is 0.629. The van der Waals surface area contributed by atoms with Crippen LogP contribution in [0.4, 0.5) is 0 Å². The Morgan fingerprint density at radius 2 is 0.806 bits per heavy atom. The van der Waals surface area contributed by atoms with Gasteiger partial charge in [0.1, 0.15) is 0 Å². The van der Waals surface area contributed by atoms with Crippen molar-refractivity contribution in [1.29, 1.82) is 0 Å². The van der Waals surface area contributed by atoms with E-state index in [2.05, 4.69) is 185 Å². The zero-order valence-corrected chi connectivity index (χ0v) is 33.4. The minimum absolute atomic E-state index is 0.629. The summed E-state index contributed by atoms with van der Waals surface area (Å²) in [6.45, 7) is 0. The second-order valence-electron chi connectivity index (χ2n) is 16.0. The van der Waals surface area contributed by atoms with Crippen molar-refractivity contribution in [3.8, 4) is 45.5 Å². The summed E-state index contributed by atoms with van der Waals surface area (Å²) in [4.78, 5) is 15.5. The van der Waals surface area contributed by atoms with Crippen molar-refractivity contribution in [2.45, 2.75) is 0 Å². The number of rotatable bonds is 5. The monoisotopic (exact) mass is 789 g/mol. The second-order valence-corrected chi connectivity index (χ2v) is 16.0. The Kier molecular flexibility index (Phi) is 7.54. The van der Waals surface area contributed by atoms with Crippen LogP contribution in [-0.4, -0.2) is 24.1 Å². The van der Waals surface area contributed by atoms with Crippen molar-refractivity contribution in [2.75, 3.05) is 0 Å². The predicted molar refractivity (Wildman–Crippen MR) is 257 cm³/mol. The van der Waals surface area contributed by atoms with Gasteiger partial charge in [0.05, 0.1) is 22.1 Å². The second kappa shape index (κ2) is 13.6. The Labute approximate surface area is 356 Å². The fraction of sp³-hybridized carbons (Fsp3) is 0. The lowest BCUT2D eigenvalue weighted by molar-refractivity contribution is 1.07. The zero-order chi connectivity index (χ0) is 40.7. The lowest BCUT2D eigenvalue weighted by Crippen LogP contribution is -2.02. The van der Waals surface area contributed by atoms with Crippen LogP contribution in [0.3, 0.4) is 0 Å². The molecule has 288 valence electrons. The maximum absolute atomic E-state index is 5.22. The summed E-state index contributed by atoms with van der Waals surface area (Å²) in [6, 6.07) is 75.9. The van der Waals surface area contributed by atoms with Crippen molar-refractivity contribution in [3.63, 3.8) is 0 Å². The smallest absolute Gasteiger partial charge is 0.164 e. The van der Waals surface area contributed by atoms with E-state index in [-0.39, 0.29) is 0 Å². The average Bonchev–Trinajstić information content (AvgIpc) is 3.85. The molecule has 0 aliphatic rings. The van der Waals surface area contributed by atoms with Crippen molar-refractivity contribution in [1.82, 2.24) is 24.1 Å². The summed E-state index contributed by atoms with van der Waals surface area (Å²) >= 11 is 0. The number of nitrogens with zero attached hydrogens (tertiary/aromatic N) is 5. The molecule has 0 N–H and O–H groups in total. The highest BCUT2D eigenvalue weighted by atomic mass is 15.0. The van der Waals surface area contributed by atoms with Gasteiger partial charge in [0.25, 0.3) is 0 Å². The van der Waals surface area contributed by atoms with E-state index in [0.29, 0.717) is 17.5 Å². The van der Waals surface area contributed by atoms with Crippen molar-refractivity contribution in [3.05, 3.63) is 212 Å². The number of aromatic nitrogens is 5. The Bertz CT molecular complexity index is 3860. The van der Waals surface area contributed by atoms with Gasteiger partial charge in [-0.05, 0) is 80.8 Å². The lowest BCUT2D eigenvalue weighted by Gasteiger charge is -2.14. The number of benzene rings is 10. The van der Waals surface area contributed by atoms with E-state index in [0.717, 1.165) is 49.9 Å². The van der Waals surface area contributed by atoms with Crippen LogP contribution in [0, 0.1) is 0 Å². The van der Waals surface area contributed by atoms with E-state index < -0.39 is 0 Å². The molecule has 3 aromatic heterocycles. The highest BCUT2D eigenvalue weighted by molar-refractivity contribution is 6.25. The number of hydrogen-bond donors (Lipinski definition) is 0. The van der Waals surface area contributed by atoms with E-state index >= 15 is 0 Å². The van der Waals surface area contributed by atoms with Gasteiger partial charge in [-0.1, -0.05) is 164 Å². The average molecular weight is 790 g/mol. The summed E-state index contributed by atoms with van der Waals surface area (Å²) in [5.41, 5.74) is 9.63. The van der Waals surface area contributed by atoms with Crippen LogP contribution in [0.5, 0.6) is 0 Å². The maximum atomic E-state index is 5.22. The molecule has 0 saturated carbocycles. The third-order valence-electron chi connectivity index (χ3n) is 12.5. The van der Waals surface area contributed by atoms with Gasteiger partial charge >= 0.3 is 0 Å². The molecular formula is C57H35N5. The van der Waals surface area contributed by atoms with Gasteiger partial charge < -0.3 is 9.13 Å². The Hall–Kier alpha value is -8.41. The highest BCUT2D eigenvalue weighted by Crippen LogP contribution is 2.43. The van der Waals surface area contributed by atoms with E-state index in [1.54, 1.807) is 0 Å². The largest absolute Gasteiger partial charge is 0.309 e. The molecule has 0 aliphatic heterocycles. The summed E-state index contributed by atoms with van der Waals surface area (Å²) in [5.74, 6) is 1.90. The Morgan fingerprint density at radius 3 is 1.56 bits per heavy atom. The molecule has 0 unspecified atom stereocenters. The highest BCUT2D eigenvalue weighted by Gasteiger charge is 2.22. The van der Waals surface area contributed by atoms with Gasteiger partial charge in [-0.2, -0.15) is 0 Å². The summed E-state index contributed by atoms with van der Waals surface area (Å²) in [7, 11) is 0. The van der Waals surface area contributed by atoms with Crippen LogP contribution in [-0.2, 0) is 0 Å². The molecule has 13 rings (SSSR count). The van der Waals surface area contributed by atoms with Gasteiger partial charge in [0.15, 0.2) is 17.5 Å². The quantitative estimate of drug-likeness (QED) is 0.174. The van der Waals surface area contributed by atoms with Crippen LogP contribution in [0.15, 0.2) is 212 Å². The molecule has 0 saturated heterocycles. The van der Waals surface area contributed by atoms with Crippen LogP contribution in [0.1, 0.15) is 0 Å². The first kappa shape index (κ1) is 34.5. The molecular weight excluding hydrogens is 755 g/mol. The van der Waals surface area contributed by atoms with Gasteiger partial charge in [-0.25, -0.2) is 15.0 Å². The molecule has 0 fully saturated rings. The molecule has 10 aromatic carbocycles. The first-order valence-electron chi connectivity index (χ1n) is 21.0. The SMILES string of the molecule is c1ccc(-c2nc(-c3ccccc3)nc(-c3cc(-n4c5ccccc5c5cc6c(cc54)c4c5ccccc5ccc4n6-c4ccc5ccccc5c4)cc4ccccc34)n2)cc1. The standard InChI is InChI=1S/C57H35N5/c1-3-17-38(18-4-1)55-58-56(39-19-5-2-6-20-39)60-57(59-55)48-33-43(32-41-22-10-11-23-44(41)48)62-50-26-14-13-25-46(50)47-34-53-49(35-52(47)62)54-45-24-12-9-16-37(45)28-30-51(54)61(53)42-29-27-36-15-7-8-21-40(36)31-42/h1-35H. The molecule has 3 heterocycles. The molecule has 5 heteroatoms. The summed E-state index contributed by atoms with van der Waals surface area (Å²) < 4.78 is 4.89. The van der Waals surface area contributed by atoms with E-state index in [1.165, 1.54) is 54.1 Å². The molecule has 0 atom stereocenters. The van der Waals surface area contributed by atoms with Crippen molar-refractivity contribution in [2.24, 2.45) is 0 Å². The minimum Gasteiger partial charge on any atom is -0.309 e. The normalized spacial score (nSPS) is 11.9. The molecule has 0 aliphatic carbocycles. The van der Waals surface area contributed by atoms with E-state index in [9.17, 15) is 0 Å². The lowest BCUT2D eigenvalue weighted by atomic mass is 10.0. The Morgan fingerprint density at radius 1 is 0.274 bits per heavy atom. The van der Waals surface area contributed by atoms with Crippen LogP contribution < -0.4 is 0 Å². The summed E-state index contributed by atoms with van der Waals surface area (Å²) in [5, 5.41) is 11.9.